The molecule has 2 amide bonds. The van der Waals surface area contributed by atoms with Crippen molar-refractivity contribution >= 4 is 17.8 Å². The van der Waals surface area contributed by atoms with Crippen molar-refractivity contribution in [1.29, 1.82) is 0 Å². The van der Waals surface area contributed by atoms with Gasteiger partial charge in [0.1, 0.15) is 18.9 Å². The number of nitrogen functional groups attached to an aromatic ring is 1. The van der Waals surface area contributed by atoms with Crippen LogP contribution < -0.4 is 11.1 Å². The van der Waals surface area contributed by atoms with Crippen LogP contribution in [0.5, 0.6) is 0 Å². The SMILES string of the molecule is CCN(C)C(=O)C(C)NC(=O)Cn1cnc(N)n1. The largest absolute Gasteiger partial charge is 0.367 e. The van der Waals surface area contributed by atoms with Crippen molar-refractivity contribution in [3.8, 4) is 0 Å². The molecule has 0 saturated carbocycles. The zero-order valence-electron chi connectivity index (χ0n) is 10.8. The maximum Gasteiger partial charge on any atom is 0.244 e. The Hall–Kier alpha value is -2.12. The summed E-state index contributed by atoms with van der Waals surface area (Å²) in [6.45, 7) is 4.09. The van der Waals surface area contributed by atoms with Crippen molar-refractivity contribution in [3.63, 3.8) is 0 Å². The maximum absolute atomic E-state index is 11.7. The highest BCUT2D eigenvalue weighted by atomic mass is 16.2. The van der Waals surface area contributed by atoms with E-state index in [-0.39, 0.29) is 24.3 Å². The number of nitrogens with two attached hydrogens (primary N) is 1. The fourth-order valence-corrected chi connectivity index (χ4v) is 1.37. The second-order valence-corrected chi connectivity index (χ2v) is 3.94. The normalized spacial score (nSPS) is 11.9. The molecule has 1 rings (SSSR count). The number of carbonyl (C=O) groups excluding carboxylic acids is 2. The van der Waals surface area contributed by atoms with Crippen LogP contribution >= 0.6 is 0 Å². The average Bonchev–Trinajstić information content (AvgIpc) is 2.72. The predicted molar refractivity (Wildman–Crippen MR) is 65.4 cm³/mol. The molecule has 0 aliphatic rings. The fourth-order valence-electron chi connectivity index (χ4n) is 1.37. The third-order valence-electron chi connectivity index (χ3n) is 2.46. The van der Waals surface area contributed by atoms with Crippen LogP contribution in [0.25, 0.3) is 0 Å². The lowest BCUT2D eigenvalue weighted by Crippen LogP contribution is -2.46. The first kappa shape index (κ1) is 13.9. The molecule has 1 unspecified atom stereocenters. The van der Waals surface area contributed by atoms with Gasteiger partial charge in [-0.2, -0.15) is 0 Å². The Balaban J connectivity index is 2.47. The minimum atomic E-state index is -0.566. The van der Waals surface area contributed by atoms with Crippen molar-refractivity contribution in [2.45, 2.75) is 26.4 Å². The average molecular weight is 254 g/mol. The molecule has 0 aliphatic carbocycles. The van der Waals surface area contributed by atoms with Crippen LogP contribution in [-0.4, -0.2) is 51.1 Å². The Morgan fingerprint density at radius 2 is 2.28 bits per heavy atom. The van der Waals surface area contributed by atoms with E-state index in [1.165, 1.54) is 11.0 Å². The van der Waals surface area contributed by atoms with Gasteiger partial charge in [0.15, 0.2) is 0 Å². The summed E-state index contributed by atoms with van der Waals surface area (Å²) in [7, 11) is 1.68. The number of nitrogens with one attached hydrogen (secondary N) is 1. The number of aromatic nitrogens is 3. The maximum atomic E-state index is 11.7. The van der Waals surface area contributed by atoms with Crippen LogP contribution in [0.15, 0.2) is 6.33 Å². The number of nitrogens with zero attached hydrogens (tertiary/aromatic N) is 4. The summed E-state index contributed by atoms with van der Waals surface area (Å²) < 4.78 is 1.31. The first-order valence-electron chi connectivity index (χ1n) is 5.63. The topological polar surface area (TPSA) is 106 Å². The van der Waals surface area contributed by atoms with E-state index < -0.39 is 6.04 Å². The summed E-state index contributed by atoms with van der Waals surface area (Å²) in [5.74, 6) is -0.341. The molecule has 0 saturated heterocycles. The van der Waals surface area contributed by atoms with Gasteiger partial charge in [-0.15, -0.1) is 5.10 Å². The van der Waals surface area contributed by atoms with Gasteiger partial charge in [-0.05, 0) is 13.8 Å². The summed E-state index contributed by atoms with van der Waals surface area (Å²) in [5, 5.41) is 6.37. The first-order chi connectivity index (χ1) is 8.43. The zero-order chi connectivity index (χ0) is 13.7. The van der Waals surface area contributed by atoms with E-state index in [4.69, 9.17) is 5.73 Å². The number of carbonyl (C=O) groups is 2. The summed E-state index contributed by atoms with van der Waals surface area (Å²) in [6, 6.07) is -0.566. The quantitative estimate of drug-likeness (QED) is 0.689. The Morgan fingerprint density at radius 1 is 1.61 bits per heavy atom. The van der Waals surface area contributed by atoms with Crippen molar-refractivity contribution in [2.24, 2.45) is 0 Å². The van der Waals surface area contributed by atoms with E-state index in [9.17, 15) is 9.59 Å². The lowest BCUT2D eigenvalue weighted by Gasteiger charge is -2.20. The molecule has 0 radical (unpaired) electrons. The van der Waals surface area contributed by atoms with Crippen LogP contribution in [0.4, 0.5) is 5.95 Å². The lowest BCUT2D eigenvalue weighted by molar-refractivity contribution is -0.134. The van der Waals surface area contributed by atoms with E-state index in [1.54, 1.807) is 18.9 Å². The molecule has 1 heterocycles. The summed E-state index contributed by atoms with van der Waals surface area (Å²) in [5.41, 5.74) is 5.33. The molecule has 1 aromatic heterocycles. The molecule has 0 bridgehead atoms. The van der Waals surface area contributed by atoms with Gasteiger partial charge >= 0.3 is 0 Å². The number of rotatable bonds is 5. The Morgan fingerprint density at radius 3 is 2.78 bits per heavy atom. The highest BCUT2D eigenvalue weighted by Gasteiger charge is 2.18. The molecule has 0 aromatic carbocycles. The van der Waals surface area contributed by atoms with Gasteiger partial charge in [0.05, 0.1) is 0 Å². The van der Waals surface area contributed by atoms with Crippen LogP contribution in [0.1, 0.15) is 13.8 Å². The van der Waals surface area contributed by atoms with Crippen molar-refractivity contribution in [2.75, 3.05) is 19.3 Å². The third kappa shape index (κ3) is 3.72. The highest BCUT2D eigenvalue weighted by Crippen LogP contribution is 1.93. The monoisotopic (exact) mass is 254 g/mol. The van der Waals surface area contributed by atoms with E-state index in [0.717, 1.165) is 0 Å². The number of likely N-dealkylation sites (N-methyl/N-ethyl adjacent to an activating group) is 1. The number of hydrogen-bond acceptors (Lipinski definition) is 5. The van der Waals surface area contributed by atoms with Gasteiger partial charge in [-0.1, -0.05) is 0 Å². The van der Waals surface area contributed by atoms with Gasteiger partial charge in [-0.3, -0.25) is 9.59 Å². The van der Waals surface area contributed by atoms with E-state index in [0.29, 0.717) is 6.54 Å². The summed E-state index contributed by atoms with van der Waals surface area (Å²) in [4.78, 5) is 28.6. The zero-order valence-corrected chi connectivity index (χ0v) is 10.8. The van der Waals surface area contributed by atoms with E-state index in [1.807, 2.05) is 6.92 Å². The molecule has 0 fully saturated rings. The predicted octanol–water partition coefficient (Wildman–Crippen LogP) is -1.16. The van der Waals surface area contributed by atoms with Gasteiger partial charge < -0.3 is 16.0 Å². The van der Waals surface area contributed by atoms with E-state index in [2.05, 4.69) is 15.4 Å². The molecule has 3 N–H and O–H groups in total. The lowest BCUT2D eigenvalue weighted by atomic mass is 10.3. The van der Waals surface area contributed by atoms with Gasteiger partial charge in [-0.25, -0.2) is 9.67 Å². The van der Waals surface area contributed by atoms with Gasteiger partial charge in [0.2, 0.25) is 17.8 Å². The standard InChI is InChI=1S/C10H18N6O2/c1-4-15(3)9(18)7(2)13-8(17)5-16-6-12-10(11)14-16/h6-7H,4-5H2,1-3H3,(H2,11,14)(H,13,17). The molecule has 1 aromatic rings. The van der Waals surface area contributed by atoms with Crippen LogP contribution in [0, 0.1) is 0 Å². The number of hydrogen-bond donors (Lipinski definition) is 2. The molecule has 0 aliphatic heterocycles. The molecule has 8 heteroatoms. The third-order valence-corrected chi connectivity index (χ3v) is 2.46. The number of anilines is 1. The molecular formula is C10H18N6O2. The molecule has 1 atom stereocenters. The number of amides is 2. The highest BCUT2D eigenvalue weighted by molar-refractivity contribution is 5.87. The van der Waals surface area contributed by atoms with Crippen molar-refractivity contribution in [1.82, 2.24) is 25.0 Å². The summed E-state index contributed by atoms with van der Waals surface area (Å²) >= 11 is 0. The molecule has 0 spiro atoms. The van der Waals surface area contributed by atoms with Gasteiger partial charge in [0.25, 0.3) is 0 Å². The molecular weight excluding hydrogens is 236 g/mol. The summed E-state index contributed by atoms with van der Waals surface area (Å²) in [6.07, 6.45) is 1.36. The molecule has 8 nitrogen and oxygen atoms in total. The Bertz CT molecular complexity index is 430. The minimum Gasteiger partial charge on any atom is -0.367 e. The second-order valence-electron chi connectivity index (χ2n) is 3.94. The second kappa shape index (κ2) is 5.99. The van der Waals surface area contributed by atoms with Crippen molar-refractivity contribution in [3.05, 3.63) is 6.33 Å². The fraction of sp³-hybridized carbons (Fsp3) is 0.600. The van der Waals surface area contributed by atoms with E-state index >= 15 is 0 Å². The molecule has 100 valence electrons. The first-order valence-corrected chi connectivity index (χ1v) is 5.63. The van der Waals surface area contributed by atoms with Crippen LogP contribution in [0.3, 0.4) is 0 Å². The van der Waals surface area contributed by atoms with Crippen molar-refractivity contribution < 1.29 is 9.59 Å². The molecule has 18 heavy (non-hydrogen) atoms. The van der Waals surface area contributed by atoms with Gasteiger partial charge in [0, 0.05) is 13.6 Å². The van der Waals surface area contributed by atoms with Crippen LogP contribution in [0.2, 0.25) is 0 Å². The Kier molecular flexibility index (Phi) is 4.64. The smallest absolute Gasteiger partial charge is 0.244 e. The Labute approximate surface area is 105 Å². The minimum absolute atomic E-state index is 0.0162. The van der Waals surface area contributed by atoms with Crippen LogP contribution in [-0.2, 0) is 16.1 Å².